The summed E-state index contributed by atoms with van der Waals surface area (Å²) in [5.41, 5.74) is -2.13. The van der Waals surface area contributed by atoms with Gasteiger partial charge in [0, 0.05) is 21.7 Å². The zero-order valence-corrected chi connectivity index (χ0v) is 49.5. The SMILES string of the molecule is CCC(CC)(C(=O)C(C(=O)[O-])C(C)C)C(C)C.CCC(CC)(C(=O)C(C(=O)[O-])C(C)C)C(C)C.CCC(CC)(C(=O)C(C(=O)[O-])C(C)C)C(C)C.CCC(CC)(C(=O)C(C(=O)[O-])C(C)C)C(C)C.[Ti+4]. The van der Waals surface area contributed by atoms with Gasteiger partial charge in [0.2, 0.25) is 0 Å². The van der Waals surface area contributed by atoms with Crippen molar-refractivity contribution in [1.29, 1.82) is 0 Å². The van der Waals surface area contributed by atoms with E-state index in [1.807, 2.05) is 111 Å². The zero-order chi connectivity index (χ0) is 55.2. The zero-order valence-electron chi connectivity index (χ0n) is 48.0. The average Bonchev–Trinajstić information content (AvgIpc) is 3.20. The van der Waals surface area contributed by atoms with Crippen LogP contribution >= 0.6 is 0 Å². The van der Waals surface area contributed by atoms with Crippen LogP contribution in [0.2, 0.25) is 0 Å². The van der Waals surface area contributed by atoms with Crippen molar-refractivity contribution < 1.29 is 80.5 Å². The maximum absolute atomic E-state index is 12.5. The molecular formula is C56H100O12Ti. The van der Waals surface area contributed by atoms with E-state index in [-0.39, 0.29) is 92.2 Å². The molecule has 0 amide bonds. The van der Waals surface area contributed by atoms with Gasteiger partial charge >= 0.3 is 21.7 Å². The number of carbonyl (C=O) groups is 8. The summed E-state index contributed by atoms with van der Waals surface area (Å²) < 4.78 is 0. The molecule has 0 N–H and O–H groups in total. The van der Waals surface area contributed by atoms with Crippen LogP contribution in [-0.4, -0.2) is 47.0 Å². The summed E-state index contributed by atoms with van der Waals surface area (Å²) in [6, 6.07) is 0. The van der Waals surface area contributed by atoms with Crippen molar-refractivity contribution in [2.24, 2.45) is 92.7 Å². The molecule has 0 spiro atoms. The number of rotatable bonds is 28. The molecule has 12 nitrogen and oxygen atoms in total. The third-order valence-electron chi connectivity index (χ3n) is 16.2. The molecule has 0 bridgehead atoms. The number of Topliss-reactive ketones (excluding diaryl/α,β-unsaturated/α-hetero) is 4. The fourth-order valence-electron chi connectivity index (χ4n) is 10.8. The number of aliphatic carboxylic acids is 4. The van der Waals surface area contributed by atoms with Gasteiger partial charge in [-0.15, -0.1) is 0 Å². The molecule has 400 valence electrons. The summed E-state index contributed by atoms with van der Waals surface area (Å²) in [6.45, 7) is 45.6. The maximum atomic E-state index is 12.5. The van der Waals surface area contributed by atoms with E-state index in [1.165, 1.54) is 0 Å². The molecule has 0 aliphatic heterocycles. The Balaban J connectivity index is -0.000000263. The third kappa shape index (κ3) is 19.0. The minimum atomic E-state index is -1.24. The van der Waals surface area contributed by atoms with Crippen LogP contribution in [0.5, 0.6) is 0 Å². The van der Waals surface area contributed by atoms with Crippen LogP contribution in [0.15, 0.2) is 0 Å². The van der Waals surface area contributed by atoms with E-state index in [0.717, 1.165) is 0 Å². The summed E-state index contributed by atoms with van der Waals surface area (Å²) >= 11 is 0. The van der Waals surface area contributed by atoms with Gasteiger partial charge in [0.1, 0.15) is 23.1 Å². The first-order chi connectivity index (χ1) is 31.0. The van der Waals surface area contributed by atoms with Crippen molar-refractivity contribution in [1.82, 2.24) is 0 Å². The Morgan fingerprint density at radius 1 is 0.275 bits per heavy atom. The topological polar surface area (TPSA) is 229 Å². The molecule has 4 atom stereocenters. The Kier molecular flexibility index (Phi) is 36.9. The first-order valence-electron chi connectivity index (χ1n) is 26.0. The van der Waals surface area contributed by atoms with Gasteiger partial charge in [0.15, 0.2) is 0 Å². The standard InChI is InChI=1S/4C14H26O3.Ti/c4*1-7-14(8-2,10(5)6)12(15)11(9(3)4)13(16)17;/h4*9-11H,7-8H2,1-6H3,(H,16,17);/q;;;;+4/p-4. The molecular weight excluding hydrogens is 912 g/mol. The average molecular weight is 1010 g/mol. The summed E-state index contributed by atoms with van der Waals surface area (Å²) in [4.78, 5) is 94.7. The fourth-order valence-corrected chi connectivity index (χ4v) is 10.8. The van der Waals surface area contributed by atoms with E-state index in [2.05, 4.69) is 0 Å². The van der Waals surface area contributed by atoms with Crippen LogP contribution in [0.1, 0.15) is 218 Å². The predicted octanol–water partition coefficient (Wildman–Crippen LogP) is 8.16. The number of carboxylic acids is 4. The molecule has 0 fully saturated rings. The Hall–Kier alpha value is -2.73. The van der Waals surface area contributed by atoms with Crippen molar-refractivity contribution >= 4 is 47.0 Å². The van der Waals surface area contributed by atoms with Gasteiger partial charge in [-0.2, -0.15) is 0 Å². The van der Waals surface area contributed by atoms with E-state index in [9.17, 15) is 58.8 Å². The summed E-state index contributed by atoms with van der Waals surface area (Å²) in [5.74, 6) is -9.85. The maximum Gasteiger partial charge on any atom is 4.00 e. The number of carbonyl (C=O) groups excluding carboxylic acids is 8. The first-order valence-corrected chi connectivity index (χ1v) is 26.0. The number of carboxylic acid groups (broad SMARTS) is 4. The van der Waals surface area contributed by atoms with Crippen LogP contribution in [0.3, 0.4) is 0 Å². The summed E-state index contributed by atoms with van der Waals surface area (Å²) in [5, 5.41) is 44.6. The van der Waals surface area contributed by atoms with Gasteiger partial charge in [0.05, 0.1) is 47.5 Å². The van der Waals surface area contributed by atoms with E-state index in [4.69, 9.17) is 0 Å². The third-order valence-corrected chi connectivity index (χ3v) is 16.2. The normalized spacial score (nSPS) is 13.9. The summed E-state index contributed by atoms with van der Waals surface area (Å²) in [6.07, 6.45) is 5.42. The van der Waals surface area contributed by atoms with Gasteiger partial charge in [-0.1, -0.05) is 166 Å². The number of hydrogen-bond donors (Lipinski definition) is 0. The largest absolute Gasteiger partial charge is 4.00 e. The monoisotopic (exact) mass is 1010 g/mol. The molecule has 13 heteroatoms. The van der Waals surface area contributed by atoms with E-state index in [1.54, 1.807) is 55.4 Å². The Labute approximate surface area is 435 Å². The number of ketones is 4. The molecule has 0 saturated carbocycles. The molecule has 4 unspecified atom stereocenters. The van der Waals surface area contributed by atoms with E-state index >= 15 is 0 Å². The van der Waals surface area contributed by atoms with E-state index < -0.39 is 69.2 Å². The van der Waals surface area contributed by atoms with E-state index in [0.29, 0.717) is 51.4 Å². The quantitative estimate of drug-likeness (QED) is 0.0534. The van der Waals surface area contributed by atoms with Gasteiger partial charge in [-0.3, -0.25) is 19.2 Å². The van der Waals surface area contributed by atoms with Crippen LogP contribution in [0.4, 0.5) is 0 Å². The van der Waals surface area contributed by atoms with Crippen LogP contribution in [0.25, 0.3) is 0 Å². The molecule has 69 heavy (non-hydrogen) atoms. The van der Waals surface area contributed by atoms with Gasteiger partial charge < -0.3 is 39.6 Å². The van der Waals surface area contributed by atoms with Crippen LogP contribution in [-0.2, 0) is 60.1 Å². The molecule has 0 aliphatic rings. The molecule has 0 aromatic rings. The second-order valence-corrected chi connectivity index (χ2v) is 21.7. The van der Waals surface area contributed by atoms with Gasteiger partial charge in [-0.25, -0.2) is 0 Å². The molecule has 0 radical (unpaired) electrons. The van der Waals surface area contributed by atoms with Crippen molar-refractivity contribution in [3.05, 3.63) is 0 Å². The molecule has 0 aromatic carbocycles. The predicted molar refractivity (Wildman–Crippen MR) is 265 cm³/mol. The second kappa shape index (κ2) is 33.8. The summed E-state index contributed by atoms with van der Waals surface area (Å²) in [7, 11) is 0. The van der Waals surface area contributed by atoms with Crippen LogP contribution < -0.4 is 20.4 Å². The Bertz CT molecular complexity index is 1340. The second-order valence-electron chi connectivity index (χ2n) is 21.7. The fraction of sp³-hybridized carbons (Fsp3) is 0.857. The van der Waals surface area contributed by atoms with Crippen LogP contribution in [0, 0.1) is 92.7 Å². The van der Waals surface area contributed by atoms with Gasteiger partial charge in [-0.05, 0) is 98.7 Å². The molecule has 0 aromatic heterocycles. The van der Waals surface area contributed by atoms with Crippen molar-refractivity contribution in [2.75, 3.05) is 0 Å². The Morgan fingerprint density at radius 3 is 0.420 bits per heavy atom. The van der Waals surface area contributed by atoms with Crippen molar-refractivity contribution in [3.63, 3.8) is 0 Å². The smallest absolute Gasteiger partial charge is 0.549 e. The molecule has 0 heterocycles. The number of hydrogen-bond acceptors (Lipinski definition) is 12. The Morgan fingerprint density at radius 2 is 0.377 bits per heavy atom. The molecule has 0 saturated heterocycles. The first kappa shape index (κ1) is 75.2. The van der Waals surface area contributed by atoms with Gasteiger partial charge in [0.25, 0.3) is 0 Å². The van der Waals surface area contributed by atoms with Crippen molar-refractivity contribution in [2.45, 2.75) is 218 Å². The molecule has 0 rings (SSSR count). The van der Waals surface area contributed by atoms with Crippen molar-refractivity contribution in [3.8, 4) is 0 Å². The molecule has 0 aliphatic carbocycles. The minimum Gasteiger partial charge on any atom is -0.549 e. The minimum absolute atomic E-state index is 0.